The van der Waals surface area contributed by atoms with Crippen LogP contribution in [0.4, 0.5) is 0 Å². The molecule has 0 amide bonds. The standard InChI is InChI=1S/C12H19N3O/c1-2-10(16-7-1)4-6-15-9-14-11-8-13-5-3-12(11)15/h9-10,13H,1-8H2. The average molecular weight is 221 g/mol. The van der Waals surface area contributed by atoms with E-state index in [9.17, 15) is 0 Å². The van der Waals surface area contributed by atoms with Crippen molar-refractivity contribution in [2.45, 2.75) is 44.9 Å². The Balaban J connectivity index is 1.63. The summed E-state index contributed by atoms with van der Waals surface area (Å²) in [5.74, 6) is 0. The Hall–Kier alpha value is -0.870. The lowest BCUT2D eigenvalue weighted by Gasteiger charge is -2.16. The largest absolute Gasteiger partial charge is 0.378 e. The van der Waals surface area contributed by atoms with Crippen molar-refractivity contribution in [2.75, 3.05) is 13.2 Å². The predicted octanol–water partition coefficient (Wildman–Crippen LogP) is 1.10. The van der Waals surface area contributed by atoms with Crippen LogP contribution in [0.3, 0.4) is 0 Å². The molecule has 3 heterocycles. The average Bonchev–Trinajstić information content (AvgIpc) is 2.96. The van der Waals surface area contributed by atoms with Crippen molar-refractivity contribution < 1.29 is 4.74 Å². The number of aromatic nitrogens is 2. The number of hydrogen-bond donors (Lipinski definition) is 1. The fourth-order valence-electron chi connectivity index (χ4n) is 2.65. The molecule has 1 aromatic rings. The summed E-state index contributed by atoms with van der Waals surface area (Å²) < 4.78 is 7.97. The molecule has 1 unspecified atom stereocenters. The zero-order valence-corrected chi connectivity index (χ0v) is 9.61. The van der Waals surface area contributed by atoms with E-state index in [1.165, 1.54) is 24.2 Å². The molecular weight excluding hydrogens is 202 g/mol. The summed E-state index contributed by atoms with van der Waals surface area (Å²) in [5, 5.41) is 3.35. The summed E-state index contributed by atoms with van der Waals surface area (Å²) in [6, 6.07) is 0. The molecule has 0 bridgehead atoms. The van der Waals surface area contributed by atoms with Gasteiger partial charge in [-0.2, -0.15) is 0 Å². The van der Waals surface area contributed by atoms with Crippen LogP contribution in [0.25, 0.3) is 0 Å². The van der Waals surface area contributed by atoms with E-state index in [-0.39, 0.29) is 0 Å². The summed E-state index contributed by atoms with van der Waals surface area (Å²) in [7, 11) is 0. The smallest absolute Gasteiger partial charge is 0.0952 e. The van der Waals surface area contributed by atoms with Gasteiger partial charge >= 0.3 is 0 Å². The molecule has 0 radical (unpaired) electrons. The molecule has 2 aliphatic heterocycles. The third-order valence-corrected chi connectivity index (χ3v) is 3.58. The summed E-state index contributed by atoms with van der Waals surface area (Å²) in [6.07, 6.45) is 7.19. The van der Waals surface area contributed by atoms with Crippen molar-refractivity contribution in [3.63, 3.8) is 0 Å². The third-order valence-electron chi connectivity index (χ3n) is 3.58. The van der Waals surface area contributed by atoms with Crippen LogP contribution in [-0.2, 0) is 24.2 Å². The van der Waals surface area contributed by atoms with Gasteiger partial charge in [0.2, 0.25) is 0 Å². The van der Waals surface area contributed by atoms with Gasteiger partial charge in [0.1, 0.15) is 0 Å². The molecule has 1 fully saturated rings. The lowest BCUT2D eigenvalue weighted by molar-refractivity contribution is 0.100. The Kier molecular flexibility index (Phi) is 2.93. The topological polar surface area (TPSA) is 39.1 Å². The highest BCUT2D eigenvalue weighted by Crippen LogP contribution is 2.18. The number of nitrogens with zero attached hydrogens (tertiary/aromatic N) is 2. The molecule has 1 saturated heterocycles. The molecule has 0 aliphatic carbocycles. The number of fused-ring (bicyclic) bond motifs is 1. The van der Waals surface area contributed by atoms with Crippen LogP contribution in [0, 0.1) is 0 Å². The molecule has 0 saturated carbocycles. The summed E-state index contributed by atoms with van der Waals surface area (Å²) in [6.45, 7) is 4.03. The maximum absolute atomic E-state index is 5.65. The predicted molar refractivity (Wildman–Crippen MR) is 61.2 cm³/mol. The first-order valence-electron chi connectivity index (χ1n) is 6.28. The van der Waals surface area contributed by atoms with Gasteiger partial charge in [-0.1, -0.05) is 0 Å². The lowest BCUT2D eigenvalue weighted by atomic mass is 10.1. The highest BCUT2D eigenvalue weighted by molar-refractivity contribution is 5.16. The Bertz CT molecular complexity index is 355. The van der Waals surface area contributed by atoms with Gasteiger partial charge in [0, 0.05) is 38.4 Å². The second kappa shape index (κ2) is 4.55. The Labute approximate surface area is 96.0 Å². The fourth-order valence-corrected chi connectivity index (χ4v) is 2.65. The third kappa shape index (κ3) is 1.99. The number of nitrogens with one attached hydrogen (secondary N) is 1. The van der Waals surface area contributed by atoms with Crippen LogP contribution in [0.15, 0.2) is 6.33 Å². The molecule has 88 valence electrons. The van der Waals surface area contributed by atoms with E-state index >= 15 is 0 Å². The van der Waals surface area contributed by atoms with Gasteiger partial charge in [-0.05, 0) is 19.3 Å². The van der Waals surface area contributed by atoms with Gasteiger partial charge in [0.25, 0.3) is 0 Å². The highest BCUT2D eigenvalue weighted by Gasteiger charge is 2.18. The van der Waals surface area contributed by atoms with Crippen LogP contribution in [0.5, 0.6) is 0 Å². The van der Waals surface area contributed by atoms with Crippen molar-refractivity contribution in [1.29, 1.82) is 0 Å². The molecule has 4 nitrogen and oxygen atoms in total. The quantitative estimate of drug-likeness (QED) is 0.830. The highest BCUT2D eigenvalue weighted by atomic mass is 16.5. The summed E-state index contributed by atoms with van der Waals surface area (Å²) >= 11 is 0. The first-order valence-corrected chi connectivity index (χ1v) is 6.28. The van der Waals surface area contributed by atoms with Crippen LogP contribution < -0.4 is 5.32 Å². The molecule has 1 aromatic heterocycles. The number of hydrogen-bond acceptors (Lipinski definition) is 3. The minimum atomic E-state index is 0.486. The van der Waals surface area contributed by atoms with E-state index in [2.05, 4.69) is 14.9 Å². The van der Waals surface area contributed by atoms with Gasteiger partial charge in [0.15, 0.2) is 0 Å². The number of aryl methyl sites for hydroxylation is 1. The van der Waals surface area contributed by atoms with Gasteiger partial charge in [-0.25, -0.2) is 4.98 Å². The lowest BCUT2D eigenvalue weighted by Crippen LogP contribution is -2.25. The maximum Gasteiger partial charge on any atom is 0.0952 e. The van der Waals surface area contributed by atoms with Crippen LogP contribution in [0.2, 0.25) is 0 Å². The number of imidazole rings is 1. The van der Waals surface area contributed by atoms with Gasteiger partial charge in [-0.3, -0.25) is 0 Å². The zero-order chi connectivity index (χ0) is 10.8. The Morgan fingerprint density at radius 3 is 3.44 bits per heavy atom. The van der Waals surface area contributed by atoms with Crippen molar-refractivity contribution in [3.05, 3.63) is 17.7 Å². The maximum atomic E-state index is 5.65. The Morgan fingerprint density at radius 2 is 2.56 bits per heavy atom. The molecule has 4 heteroatoms. The van der Waals surface area contributed by atoms with Gasteiger partial charge in [-0.15, -0.1) is 0 Å². The summed E-state index contributed by atoms with van der Waals surface area (Å²) in [5.41, 5.74) is 2.66. The molecule has 0 spiro atoms. The van der Waals surface area contributed by atoms with Gasteiger partial charge < -0.3 is 14.6 Å². The van der Waals surface area contributed by atoms with E-state index in [1.807, 2.05) is 6.33 Å². The van der Waals surface area contributed by atoms with Crippen LogP contribution in [0.1, 0.15) is 30.7 Å². The second-order valence-electron chi connectivity index (χ2n) is 4.68. The molecule has 1 N–H and O–H groups in total. The molecular formula is C12H19N3O. The van der Waals surface area contributed by atoms with Crippen molar-refractivity contribution in [1.82, 2.24) is 14.9 Å². The molecule has 16 heavy (non-hydrogen) atoms. The van der Waals surface area contributed by atoms with Crippen LogP contribution >= 0.6 is 0 Å². The Morgan fingerprint density at radius 1 is 1.56 bits per heavy atom. The first-order chi connectivity index (χ1) is 7.93. The van der Waals surface area contributed by atoms with Crippen molar-refractivity contribution in [3.8, 4) is 0 Å². The second-order valence-corrected chi connectivity index (χ2v) is 4.68. The minimum Gasteiger partial charge on any atom is -0.378 e. The van der Waals surface area contributed by atoms with E-state index in [1.54, 1.807) is 0 Å². The fraction of sp³-hybridized carbons (Fsp3) is 0.750. The number of rotatable bonds is 3. The molecule has 3 rings (SSSR count). The SMILES string of the molecule is c1nc2c(n1CCC1CCCO1)CCNC2. The first kappa shape index (κ1) is 10.3. The van der Waals surface area contributed by atoms with E-state index in [0.717, 1.165) is 39.1 Å². The van der Waals surface area contributed by atoms with Gasteiger partial charge in [0.05, 0.1) is 18.1 Å². The van der Waals surface area contributed by atoms with Crippen LogP contribution in [-0.4, -0.2) is 28.8 Å². The zero-order valence-electron chi connectivity index (χ0n) is 9.61. The number of ether oxygens (including phenoxy) is 1. The molecule has 0 aromatic carbocycles. The van der Waals surface area contributed by atoms with E-state index < -0.39 is 0 Å². The van der Waals surface area contributed by atoms with Crippen molar-refractivity contribution in [2.24, 2.45) is 0 Å². The summed E-state index contributed by atoms with van der Waals surface area (Å²) in [4.78, 5) is 4.46. The normalized spacial score (nSPS) is 24.6. The molecule has 1 atom stereocenters. The monoisotopic (exact) mass is 221 g/mol. The van der Waals surface area contributed by atoms with E-state index in [4.69, 9.17) is 4.74 Å². The van der Waals surface area contributed by atoms with Crippen molar-refractivity contribution >= 4 is 0 Å². The minimum absolute atomic E-state index is 0.486. The molecule has 2 aliphatic rings. The van der Waals surface area contributed by atoms with E-state index in [0.29, 0.717) is 6.10 Å².